The summed E-state index contributed by atoms with van der Waals surface area (Å²) >= 11 is 0. The Morgan fingerprint density at radius 3 is 2.00 bits per heavy atom. The van der Waals surface area contributed by atoms with Crippen LogP contribution in [-0.2, 0) is 9.22 Å². The zero-order valence-corrected chi connectivity index (χ0v) is 9.26. The maximum atomic E-state index is 11.0. The molecule has 0 heterocycles. The SMILES string of the molecule is CC(=O)C(C)(C#N)O[Si](C)(C)C. The van der Waals surface area contributed by atoms with Crippen LogP contribution in [-0.4, -0.2) is 19.7 Å². The Hall–Kier alpha value is -0.663. The van der Waals surface area contributed by atoms with E-state index in [0.29, 0.717) is 0 Å². The van der Waals surface area contributed by atoms with E-state index in [9.17, 15) is 4.79 Å². The maximum absolute atomic E-state index is 11.0. The van der Waals surface area contributed by atoms with Crippen LogP contribution in [0.15, 0.2) is 0 Å². The summed E-state index contributed by atoms with van der Waals surface area (Å²) in [5.41, 5.74) is -1.25. The van der Waals surface area contributed by atoms with Crippen molar-refractivity contribution in [2.75, 3.05) is 0 Å². The average molecular weight is 185 g/mol. The number of rotatable bonds is 3. The first-order valence-electron chi connectivity index (χ1n) is 3.84. The van der Waals surface area contributed by atoms with Crippen LogP contribution in [0, 0.1) is 11.3 Å². The number of Topliss-reactive ketones (excluding diaryl/α,β-unsaturated/α-hetero) is 1. The van der Waals surface area contributed by atoms with Crippen molar-refractivity contribution in [3.8, 4) is 6.07 Å². The summed E-state index contributed by atoms with van der Waals surface area (Å²) in [6.45, 7) is 8.75. The molecule has 0 spiro atoms. The monoisotopic (exact) mass is 185 g/mol. The molecular weight excluding hydrogens is 170 g/mol. The van der Waals surface area contributed by atoms with Crippen LogP contribution in [0.25, 0.3) is 0 Å². The van der Waals surface area contributed by atoms with Crippen molar-refractivity contribution in [1.82, 2.24) is 0 Å². The van der Waals surface area contributed by atoms with E-state index in [4.69, 9.17) is 9.69 Å². The lowest BCUT2D eigenvalue weighted by Gasteiger charge is -2.27. The van der Waals surface area contributed by atoms with Crippen LogP contribution in [0.4, 0.5) is 0 Å². The van der Waals surface area contributed by atoms with Crippen molar-refractivity contribution in [3.05, 3.63) is 0 Å². The maximum Gasteiger partial charge on any atom is 0.200 e. The molecule has 3 nitrogen and oxygen atoms in total. The van der Waals surface area contributed by atoms with Gasteiger partial charge in [-0.3, -0.25) is 4.79 Å². The first kappa shape index (κ1) is 11.3. The number of nitrogens with zero attached hydrogens (tertiary/aromatic N) is 1. The molecule has 0 aromatic carbocycles. The highest BCUT2D eigenvalue weighted by Gasteiger charge is 2.35. The van der Waals surface area contributed by atoms with Crippen LogP contribution >= 0.6 is 0 Å². The van der Waals surface area contributed by atoms with Gasteiger partial charge in [0, 0.05) is 0 Å². The number of hydrogen-bond donors (Lipinski definition) is 0. The van der Waals surface area contributed by atoms with E-state index in [1.54, 1.807) is 0 Å². The predicted octanol–water partition coefficient (Wildman–Crippen LogP) is 1.71. The van der Waals surface area contributed by atoms with Crippen LogP contribution in [0.2, 0.25) is 19.6 Å². The largest absolute Gasteiger partial charge is 0.395 e. The Balaban J connectivity index is 4.61. The van der Waals surface area contributed by atoms with Gasteiger partial charge in [0.15, 0.2) is 19.7 Å². The molecule has 12 heavy (non-hydrogen) atoms. The number of ketones is 1. The fourth-order valence-corrected chi connectivity index (χ4v) is 2.20. The van der Waals surface area contributed by atoms with Gasteiger partial charge in [-0.15, -0.1) is 0 Å². The van der Waals surface area contributed by atoms with Crippen molar-refractivity contribution in [2.45, 2.75) is 39.1 Å². The standard InChI is InChI=1S/C8H15NO2Si/c1-7(10)8(2,6-9)11-12(3,4)5/h1-5H3. The molecule has 0 fully saturated rings. The number of hydrogen-bond acceptors (Lipinski definition) is 3. The van der Waals surface area contributed by atoms with Gasteiger partial charge in [0.1, 0.15) is 6.07 Å². The molecular formula is C8H15NO2Si. The van der Waals surface area contributed by atoms with Crippen molar-refractivity contribution in [2.24, 2.45) is 0 Å². The lowest BCUT2D eigenvalue weighted by atomic mass is 10.1. The highest BCUT2D eigenvalue weighted by Crippen LogP contribution is 2.17. The zero-order valence-electron chi connectivity index (χ0n) is 8.26. The van der Waals surface area contributed by atoms with E-state index in [0.717, 1.165) is 0 Å². The van der Waals surface area contributed by atoms with Gasteiger partial charge in [-0.2, -0.15) is 5.26 Å². The van der Waals surface area contributed by atoms with Gasteiger partial charge >= 0.3 is 0 Å². The van der Waals surface area contributed by atoms with Crippen LogP contribution < -0.4 is 0 Å². The summed E-state index contributed by atoms with van der Waals surface area (Å²) in [4.78, 5) is 11.0. The fraction of sp³-hybridized carbons (Fsp3) is 0.750. The molecule has 0 aliphatic carbocycles. The molecule has 0 N–H and O–H groups in total. The minimum atomic E-state index is -1.82. The quantitative estimate of drug-likeness (QED) is 0.629. The lowest BCUT2D eigenvalue weighted by molar-refractivity contribution is -0.127. The van der Waals surface area contributed by atoms with E-state index < -0.39 is 13.9 Å². The number of carbonyl (C=O) groups is 1. The predicted molar refractivity (Wildman–Crippen MR) is 49.1 cm³/mol. The van der Waals surface area contributed by atoms with E-state index in [1.807, 2.05) is 25.7 Å². The molecule has 1 unspecified atom stereocenters. The van der Waals surface area contributed by atoms with Crippen molar-refractivity contribution in [1.29, 1.82) is 5.26 Å². The molecule has 68 valence electrons. The van der Waals surface area contributed by atoms with Gasteiger partial charge in [-0.05, 0) is 33.5 Å². The summed E-state index contributed by atoms with van der Waals surface area (Å²) in [5, 5.41) is 8.75. The van der Waals surface area contributed by atoms with E-state index in [-0.39, 0.29) is 5.78 Å². The first-order valence-corrected chi connectivity index (χ1v) is 7.24. The zero-order chi connectivity index (χ0) is 9.99. The third-order valence-electron chi connectivity index (χ3n) is 1.40. The Morgan fingerprint density at radius 1 is 1.50 bits per heavy atom. The van der Waals surface area contributed by atoms with Gasteiger partial charge < -0.3 is 4.43 Å². The first-order chi connectivity index (χ1) is 5.21. The smallest absolute Gasteiger partial charge is 0.200 e. The minimum Gasteiger partial charge on any atom is -0.395 e. The van der Waals surface area contributed by atoms with Gasteiger partial charge in [0.2, 0.25) is 0 Å². The molecule has 0 aromatic rings. The van der Waals surface area contributed by atoms with Gasteiger partial charge in [0.25, 0.3) is 0 Å². The lowest BCUT2D eigenvalue weighted by Crippen LogP contribution is -2.44. The second kappa shape index (κ2) is 3.38. The third-order valence-corrected chi connectivity index (χ3v) is 2.42. The molecule has 0 saturated carbocycles. The molecule has 0 radical (unpaired) electrons. The molecule has 0 amide bonds. The normalized spacial score (nSPS) is 16.3. The number of nitriles is 1. The summed E-state index contributed by atoms with van der Waals surface area (Å²) in [7, 11) is -1.82. The molecule has 0 rings (SSSR count). The van der Waals surface area contributed by atoms with E-state index in [2.05, 4.69) is 0 Å². The van der Waals surface area contributed by atoms with Crippen molar-refractivity contribution < 1.29 is 9.22 Å². The highest BCUT2D eigenvalue weighted by molar-refractivity contribution is 6.70. The topological polar surface area (TPSA) is 50.1 Å². The molecule has 0 aliphatic heterocycles. The molecule has 0 bridgehead atoms. The van der Waals surface area contributed by atoms with Crippen LogP contribution in [0.3, 0.4) is 0 Å². The van der Waals surface area contributed by atoms with Crippen LogP contribution in [0.5, 0.6) is 0 Å². The summed E-state index contributed by atoms with van der Waals surface area (Å²) in [5.74, 6) is -0.229. The highest BCUT2D eigenvalue weighted by atomic mass is 28.4. The summed E-state index contributed by atoms with van der Waals surface area (Å²) < 4.78 is 5.46. The molecule has 4 heteroatoms. The fourth-order valence-electron chi connectivity index (χ4n) is 0.786. The molecule has 0 aromatic heterocycles. The van der Waals surface area contributed by atoms with Crippen molar-refractivity contribution >= 4 is 14.1 Å². The van der Waals surface area contributed by atoms with Crippen LogP contribution in [0.1, 0.15) is 13.8 Å². The van der Waals surface area contributed by atoms with E-state index >= 15 is 0 Å². The molecule has 1 atom stereocenters. The average Bonchev–Trinajstić information content (AvgIpc) is 1.83. The third kappa shape index (κ3) is 3.16. The Kier molecular flexibility index (Phi) is 3.19. The summed E-state index contributed by atoms with van der Waals surface area (Å²) in [6, 6.07) is 1.90. The van der Waals surface area contributed by atoms with Gasteiger partial charge in [0.05, 0.1) is 0 Å². The van der Waals surface area contributed by atoms with E-state index in [1.165, 1.54) is 13.8 Å². The number of carbonyl (C=O) groups excluding carboxylic acids is 1. The second-order valence-corrected chi connectivity index (χ2v) is 8.34. The van der Waals surface area contributed by atoms with Gasteiger partial charge in [-0.1, -0.05) is 0 Å². The minimum absolute atomic E-state index is 0.229. The second-order valence-electron chi connectivity index (χ2n) is 3.92. The van der Waals surface area contributed by atoms with Gasteiger partial charge in [-0.25, -0.2) is 0 Å². The Bertz CT molecular complexity index is 226. The summed E-state index contributed by atoms with van der Waals surface area (Å²) in [6.07, 6.45) is 0. The Morgan fingerprint density at radius 2 is 1.92 bits per heavy atom. The molecule has 0 aliphatic rings. The van der Waals surface area contributed by atoms with Crippen molar-refractivity contribution in [3.63, 3.8) is 0 Å². The Labute approximate surface area is 74.5 Å². The molecule has 0 saturated heterocycles.